The van der Waals surface area contributed by atoms with E-state index in [0.717, 1.165) is 19.4 Å². The van der Waals surface area contributed by atoms with Crippen LogP contribution < -0.4 is 5.32 Å². The monoisotopic (exact) mass is 230 g/mol. The number of methoxy groups -OCH3 is 2. The van der Waals surface area contributed by atoms with Gasteiger partial charge in [0.1, 0.15) is 0 Å². The van der Waals surface area contributed by atoms with Gasteiger partial charge in [0, 0.05) is 27.3 Å². The van der Waals surface area contributed by atoms with Gasteiger partial charge in [-0.15, -0.1) is 0 Å². The molecule has 0 aliphatic carbocycles. The van der Waals surface area contributed by atoms with E-state index in [1.807, 2.05) is 4.90 Å². The molecular formula is C11H22N2O3. The molecule has 0 aromatic heterocycles. The molecule has 1 N–H and O–H groups in total. The summed E-state index contributed by atoms with van der Waals surface area (Å²) in [5, 5.41) is 3.22. The van der Waals surface area contributed by atoms with Gasteiger partial charge in [-0.05, 0) is 19.4 Å². The highest BCUT2D eigenvalue weighted by Gasteiger charge is 2.26. The second-order valence-electron chi connectivity index (χ2n) is 3.96. The Bertz CT molecular complexity index is 197. The fraction of sp³-hybridized carbons (Fsp3) is 0.909. The van der Waals surface area contributed by atoms with Crippen LogP contribution in [0.3, 0.4) is 0 Å². The maximum absolute atomic E-state index is 12.1. The van der Waals surface area contributed by atoms with Crippen molar-refractivity contribution in [3.8, 4) is 0 Å². The number of ether oxygens (including phenoxy) is 2. The number of rotatable bonds is 7. The zero-order valence-electron chi connectivity index (χ0n) is 10.2. The smallest absolute Gasteiger partial charge is 0.239 e. The molecular weight excluding hydrogens is 208 g/mol. The van der Waals surface area contributed by atoms with Gasteiger partial charge >= 0.3 is 0 Å². The summed E-state index contributed by atoms with van der Waals surface area (Å²) in [6.07, 6.45) is 2.02. The molecule has 1 aliphatic heterocycles. The Labute approximate surface area is 97.1 Å². The Morgan fingerprint density at radius 3 is 2.38 bits per heavy atom. The van der Waals surface area contributed by atoms with Gasteiger partial charge in [0.25, 0.3) is 0 Å². The number of amides is 1. The maximum Gasteiger partial charge on any atom is 0.239 e. The molecule has 94 valence electrons. The van der Waals surface area contributed by atoms with Crippen molar-refractivity contribution in [2.24, 2.45) is 0 Å². The van der Waals surface area contributed by atoms with E-state index in [9.17, 15) is 4.79 Å². The van der Waals surface area contributed by atoms with Gasteiger partial charge in [-0.25, -0.2) is 0 Å². The lowest BCUT2D eigenvalue weighted by atomic mass is 10.2. The van der Waals surface area contributed by atoms with Gasteiger partial charge in [-0.2, -0.15) is 0 Å². The van der Waals surface area contributed by atoms with E-state index in [0.29, 0.717) is 26.3 Å². The first-order valence-corrected chi connectivity index (χ1v) is 5.79. The summed E-state index contributed by atoms with van der Waals surface area (Å²) >= 11 is 0. The highest BCUT2D eigenvalue weighted by molar-refractivity contribution is 5.82. The third kappa shape index (κ3) is 4.08. The number of nitrogens with one attached hydrogen (secondary N) is 1. The van der Waals surface area contributed by atoms with E-state index in [4.69, 9.17) is 9.47 Å². The lowest BCUT2D eigenvalue weighted by Gasteiger charge is -2.25. The van der Waals surface area contributed by atoms with Crippen LogP contribution in [-0.4, -0.2) is 63.9 Å². The third-order valence-electron chi connectivity index (χ3n) is 2.80. The molecule has 1 saturated heterocycles. The van der Waals surface area contributed by atoms with Crippen LogP contribution in [0.15, 0.2) is 0 Å². The van der Waals surface area contributed by atoms with E-state index >= 15 is 0 Å². The molecule has 0 aromatic carbocycles. The standard InChI is InChI=1S/C11H22N2O3/c1-15-8-6-13(7-9-16-2)11(14)10-4-3-5-12-10/h10,12H,3-9H2,1-2H3/t10-/m0/s1. The van der Waals surface area contributed by atoms with Crippen molar-refractivity contribution in [3.05, 3.63) is 0 Å². The number of carbonyl (C=O) groups excluding carboxylic acids is 1. The molecule has 5 nitrogen and oxygen atoms in total. The summed E-state index contributed by atoms with van der Waals surface area (Å²) in [5.74, 6) is 0.173. The summed E-state index contributed by atoms with van der Waals surface area (Å²) in [4.78, 5) is 13.9. The van der Waals surface area contributed by atoms with Gasteiger partial charge in [-0.1, -0.05) is 0 Å². The number of nitrogens with zero attached hydrogens (tertiary/aromatic N) is 1. The third-order valence-corrected chi connectivity index (χ3v) is 2.80. The van der Waals surface area contributed by atoms with Crippen molar-refractivity contribution in [1.29, 1.82) is 0 Å². The normalized spacial score (nSPS) is 20.0. The zero-order valence-corrected chi connectivity index (χ0v) is 10.2. The van der Waals surface area contributed by atoms with Crippen LogP contribution in [0.25, 0.3) is 0 Å². The quantitative estimate of drug-likeness (QED) is 0.661. The first kappa shape index (κ1) is 13.4. The van der Waals surface area contributed by atoms with Crippen molar-refractivity contribution in [3.63, 3.8) is 0 Å². The minimum Gasteiger partial charge on any atom is -0.383 e. The predicted molar refractivity (Wildman–Crippen MR) is 61.4 cm³/mol. The Morgan fingerprint density at radius 2 is 1.94 bits per heavy atom. The highest BCUT2D eigenvalue weighted by atomic mass is 16.5. The Balaban J connectivity index is 2.41. The van der Waals surface area contributed by atoms with Crippen LogP contribution >= 0.6 is 0 Å². The minimum absolute atomic E-state index is 0.00582. The number of hydrogen-bond donors (Lipinski definition) is 1. The summed E-state index contributed by atoms with van der Waals surface area (Å²) in [5.41, 5.74) is 0. The molecule has 0 aromatic rings. The molecule has 0 spiro atoms. The second kappa shape index (κ2) is 7.60. The van der Waals surface area contributed by atoms with E-state index in [1.165, 1.54) is 0 Å². The van der Waals surface area contributed by atoms with Crippen molar-refractivity contribution in [1.82, 2.24) is 10.2 Å². The second-order valence-corrected chi connectivity index (χ2v) is 3.96. The Hall–Kier alpha value is -0.650. The largest absolute Gasteiger partial charge is 0.383 e. The number of hydrogen-bond acceptors (Lipinski definition) is 4. The van der Waals surface area contributed by atoms with Gasteiger partial charge in [0.2, 0.25) is 5.91 Å². The fourth-order valence-corrected chi connectivity index (χ4v) is 1.85. The van der Waals surface area contributed by atoms with E-state index in [2.05, 4.69) is 5.32 Å². The highest BCUT2D eigenvalue weighted by Crippen LogP contribution is 2.08. The molecule has 5 heteroatoms. The fourth-order valence-electron chi connectivity index (χ4n) is 1.85. The average molecular weight is 230 g/mol. The topological polar surface area (TPSA) is 50.8 Å². The van der Waals surface area contributed by atoms with Crippen LogP contribution in [0.2, 0.25) is 0 Å². The summed E-state index contributed by atoms with van der Waals surface area (Å²) in [7, 11) is 3.29. The molecule has 1 heterocycles. The van der Waals surface area contributed by atoms with Crippen LogP contribution in [0.5, 0.6) is 0 Å². The Kier molecular flexibility index (Phi) is 6.37. The van der Waals surface area contributed by atoms with Crippen molar-refractivity contribution in [2.45, 2.75) is 18.9 Å². The molecule has 16 heavy (non-hydrogen) atoms. The minimum atomic E-state index is -0.00582. The van der Waals surface area contributed by atoms with Crippen LogP contribution in [0.4, 0.5) is 0 Å². The molecule has 0 bridgehead atoms. The predicted octanol–water partition coefficient (Wildman–Crippen LogP) is -0.140. The van der Waals surface area contributed by atoms with E-state index in [-0.39, 0.29) is 11.9 Å². The molecule has 0 saturated carbocycles. The lowest BCUT2D eigenvalue weighted by Crippen LogP contribution is -2.46. The van der Waals surface area contributed by atoms with E-state index < -0.39 is 0 Å². The Morgan fingerprint density at radius 1 is 1.31 bits per heavy atom. The molecule has 0 unspecified atom stereocenters. The van der Waals surface area contributed by atoms with Crippen molar-refractivity contribution in [2.75, 3.05) is 47.1 Å². The first-order chi connectivity index (χ1) is 7.79. The molecule has 1 amide bonds. The van der Waals surface area contributed by atoms with Gasteiger partial charge in [-0.3, -0.25) is 4.79 Å². The van der Waals surface area contributed by atoms with Gasteiger partial charge in [0.05, 0.1) is 19.3 Å². The van der Waals surface area contributed by atoms with Crippen molar-refractivity contribution >= 4 is 5.91 Å². The van der Waals surface area contributed by atoms with E-state index in [1.54, 1.807) is 14.2 Å². The first-order valence-electron chi connectivity index (χ1n) is 5.79. The van der Waals surface area contributed by atoms with Gasteiger partial charge in [0.15, 0.2) is 0 Å². The molecule has 1 atom stereocenters. The lowest BCUT2D eigenvalue weighted by molar-refractivity contribution is -0.134. The molecule has 1 aliphatic rings. The van der Waals surface area contributed by atoms with Crippen LogP contribution in [0.1, 0.15) is 12.8 Å². The average Bonchev–Trinajstić information content (AvgIpc) is 2.82. The van der Waals surface area contributed by atoms with Crippen molar-refractivity contribution < 1.29 is 14.3 Å². The van der Waals surface area contributed by atoms with Gasteiger partial charge < -0.3 is 19.7 Å². The van der Waals surface area contributed by atoms with Crippen LogP contribution in [0, 0.1) is 0 Å². The zero-order chi connectivity index (χ0) is 11.8. The SMILES string of the molecule is COCCN(CCOC)C(=O)[C@@H]1CCCN1. The summed E-state index contributed by atoms with van der Waals surface area (Å²) < 4.78 is 10.0. The molecule has 1 fully saturated rings. The summed E-state index contributed by atoms with van der Waals surface area (Å²) in [6.45, 7) is 3.36. The molecule has 1 rings (SSSR count). The molecule has 0 radical (unpaired) electrons. The van der Waals surface area contributed by atoms with Crippen LogP contribution in [-0.2, 0) is 14.3 Å². The maximum atomic E-state index is 12.1. The summed E-state index contributed by atoms with van der Waals surface area (Å²) in [6, 6.07) is -0.00582. The number of carbonyl (C=O) groups is 1.